The minimum absolute atomic E-state index is 0.282. The Kier molecular flexibility index (Phi) is 10.7. The van der Waals surface area contributed by atoms with E-state index in [9.17, 15) is 45.6 Å². The van der Waals surface area contributed by atoms with Gasteiger partial charge in [-0.05, 0) is 29.9 Å². The first-order valence-electron chi connectivity index (χ1n) is 12.6. The minimum atomic E-state index is -4.78. The largest absolute Gasteiger partial charge is 0.460 e. The van der Waals surface area contributed by atoms with Crippen molar-refractivity contribution in [1.82, 2.24) is 15.2 Å². The predicted octanol–water partition coefficient (Wildman–Crippen LogP) is 6.24. The molecule has 2 aromatic rings. The summed E-state index contributed by atoms with van der Waals surface area (Å²) in [5.41, 5.74) is -2.00. The number of allylic oxidation sites excluding steroid dienone is 2. The number of hydrogen-bond donors (Lipinski definition) is 1. The molecule has 240 valence electrons. The van der Waals surface area contributed by atoms with Crippen molar-refractivity contribution < 1.29 is 45.3 Å². The molecule has 18 heteroatoms. The molecule has 0 spiro atoms. The third-order valence-electron chi connectivity index (χ3n) is 7.00. The lowest BCUT2D eigenvalue weighted by molar-refractivity contribution is -0.485. The monoisotopic (exact) mass is 673 g/mol. The molecule has 1 aromatic heterocycles. The molecule has 9 nitrogen and oxygen atoms in total. The highest BCUT2D eigenvalue weighted by atomic mass is 35.5. The van der Waals surface area contributed by atoms with Gasteiger partial charge in [-0.3, -0.25) is 4.79 Å². The topological polar surface area (TPSA) is 110 Å². The quantitative estimate of drug-likeness (QED) is 0.0925. The van der Waals surface area contributed by atoms with Crippen molar-refractivity contribution in [2.24, 2.45) is 22.4 Å². The van der Waals surface area contributed by atoms with Gasteiger partial charge in [0.25, 0.3) is 5.96 Å². The second-order valence-electron chi connectivity index (χ2n) is 10.3. The fraction of sp³-hybridized carbons (Fsp3) is 0.423. The molecule has 1 aliphatic heterocycles. The number of halogens is 9. The van der Waals surface area contributed by atoms with E-state index in [0.29, 0.717) is 30.9 Å². The van der Waals surface area contributed by atoms with Gasteiger partial charge in [0.1, 0.15) is 21.9 Å². The van der Waals surface area contributed by atoms with Crippen LogP contribution in [0.3, 0.4) is 0 Å². The van der Waals surface area contributed by atoms with Crippen LogP contribution in [0.15, 0.2) is 34.5 Å². The number of rotatable bonds is 7. The number of nitrogens with zero attached hydrogens (tertiary/aromatic N) is 4. The Hall–Kier alpha value is -3.66. The number of nitrogens with one attached hydrogen (secondary N) is 1. The summed E-state index contributed by atoms with van der Waals surface area (Å²) in [6.07, 6.45) is -2.47. The predicted molar refractivity (Wildman–Crippen MR) is 144 cm³/mol. The lowest BCUT2D eigenvalue weighted by Crippen LogP contribution is -2.30. The molecular formula is C26H24Cl2F7N5O4. The van der Waals surface area contributed by atoms with Crippen LogP contribution in [-0.2, 0) is 22.7 Å². The number of nitro groups is 1. The Morgan fingerprint density at radius 3 is 2.36 bits per heavy atom. The highest BCUT2D eigenvalue weighted by Crippen LogP contribution is 2.60. The van der Waals surface area contributed by atoms with Crippen molar-refractivity contribution in [3.63, 3.8) is 0 Å². The third kappa shape index (κ3) is 8.08. The van der Waals surface area contributed by atoms with Crippen LogP contribution in [0, 0.1) is 57.6 Å². The van der Waals surface area contributed by atoms with E-state index < -0.39 is 80.5 Å². The highest BCUT2D eigenvalue weighted by molar-refractivity contribution is 6.30. The number of alkyl halides is 3. The number of pyridine rings is 1. The summed E-state index contributed by atoms with van der Waals surface area (Å²) in [6.45, 7) is 4.52. The Bertz CT molecular complexity index is 1460. The second kappa shape index (κ2) is 13.5. The summed E-state index contributed by atoms with van der Waals surface area (Å²) in [7, 11) is 0. The van der Waals surface area contributed by atoms with E-state index in [4.69, 9.17) is 27.9 Å². The van der Waals surface area contributed by atoms with E-state index in [1.54, 1.807) is 17.2 Å². The van der Waals surface area contributed by atoms with Crippen molar-refractivity contribution in [2.75, 3.05) is 13.1 Å². The molecule has 1 saturated heterocycles. The minimum Gasteiger partial charge on any atom is -0.460 e. The van der Waals surface area contributed by atoms with Gasteiger partial charge in [0, 0.05) is 31.4 Å². The van der Waals surface area contributed by atoms with Gasteiger partial charge in [-0.2, -0.15) is 13.2 Å². The summed E-state index contributed by atoms with van der Waals surface area (Å²) < 4.78 is 96.8. The summed E-state index contributed by atoms with van der Waals surface area (Å²) >= 11 is 10.8. The Balaban J connectivity index is 0.000000266. The van der Waals surface area contributed by atoms with E-state index in [1.807, 2.05) is 6.07 Å². The third-order valence-corrected chi connectivity index (χ3v) is 7.56. The van der Waals surface area contributed by atoms with E-state index >= 15 is 0 Å². The van der Waals surface area contributed by atoms with E-state index in [1.165, 1.54) is 13.8 Å². The fourth-order valence-electron chi connectivity index (χ4n) is 4.41. The van der Waals surface area contributed by atoms with Gasteiger partial charge in [0.05, 0.1) is 11.5 Å². The first kappa shape index (κ1) is 34.8. The van der Waals surface area contributed by atoms with Crippen molar-refractivity contribution in [1.29, 1.82) is 0 Å². The smallest absolute Gasteiger partial charge is 0.426 e. The molecule has 2 unspecified atom stereocenters. The molecule has 44 heavy (non-hydrogen) atoms. The standard InChI is InChI=1S/C17H14ClF7O2.C9H10ClN5O2/c1-6-11(19)13(21)7(14(22)12(6)20)5-27-15(26)10-8(16(10,2)3)4-9(18)17(23,24)25;10-8-2-1-7(5-12-8)6-14-4-3-11-9(14)13-15(16)17/h4,8,10H,5H2,1-3H3;1-2,5H,3-4,6H2,(H,11,13)/b9-4-;. The number of carbonyl (C=O) groups excluding carboxylic acids is 1. The molecule has 1 N–H and O–H groups in total. The van der Waals surface area contributed by atoms with E-state index in [2.05, 4.69) is 15.4 Å². The summed E-state index contributed by atoms with van der Waals surface area (Å²) in [5, 5.41) is 14.8. The van der Waals surface area contributed by atoms with Gasteiger partial charge in [-0.15, -0.1) is 0 Å². The molecule has 1 aromatic carbocycles. The van der Waals surface area contributed by atoms with Crippen LogP contribution in [-0.4, -0.2) is 46.1 Å². The number of aromatic nitrogens is 1. The molecule has 2 atom stereocenters. The summed E-state index contributed by atoms with van der Waals surface area (Å²) in [5.74, 6) is -9.40. The molecule has 1 aliphatic carbocycles. The summed E-state index contributed by atoms with van der Waals surface area (Å²) in [6, 6.07) is 3.52. The van der Waals surface area contributed by atoms with Gasteiger partial charge in [0.15, 0.2) is 28.3 Å². The summed E-state index contributed by atoms with van der Waals surface area (Å²) in [4.78, 5) is 28.1. The molecule has 4 rings (SSSR count). The van der Waals surface area contributed by atoms with Crippen molar-refractivity contribution in [2.45, 2.75) is 40.1 Å². The van der Waals surface area contributed by atoms with Gasteiger partial charge >= 0.3 is 12.1 Å². The number of guanidine groups is 1. The Labute approximate surface area is 255 Å². The van der Waals surface area contributed by atoms with E-state index in [-0.39, 0.29) is 5.96 Å². The van der Waals surface area contributed by atoms with Crippen LogP contribution in [0.2, 0.25) is 5.15 Å². The van der Waals surface area contributed by atoms with Crippen molar-refractivity contribution >= 4 is 35.1 Å². The van der Waals surface area contributed by atoms with Crippen LogP contribution < -0.4 is 5.32 Å². The van der Waals surface area contributed by atoms with Gasteiger partial charge in [0.2, 0.25) is 0 Å². The molecule has 0 amide bonds. The maximum atomic E-state index is 13.8. The average molecular weight is 674 g/mol. The average Bonchev–Trinajstić information content (AvgIpc) is 3.22. The number of carbonyl (C=O) groups is 1. The van der Waals surface area contributed by atoms with Crippen LogP contribution in [0.4, 0.5) is 30.7 Å². The van der Waals surface area contributed by atoms with Gasteiger partial charge in [-0.1, -0.05) is 49.2 Å². The lowest BCUT2D eigenvalue weighted by Gasteiger charge is -2.14. The second-order valence-corrected chi connectivity index (χ2v) is 11.1. The molecule has 2 fully saturated rings. The van der Waals surface area contributed by atoms with Crippen molar-refractivity contribution in [3.05, 3.63) is 84.7 Å². The van der Waals surface area contributed by atoms with Gasteiger partial charge in [-0.25, -0.2) is 32.7 Å². The van der Waals surface area contributed by atoms with Crippen molar-refractivity contribution in [3.8, 4) is 0 Å². The lowest BCUT2D eigenvalue weighted by atomic mass is 10.1. The molecule has 2 heterocycles. The number of ether oxygens (including phenoxy) is 1. The highest BCUT2D eigenvalue weighted by Gasteiger charge is 2.62. The zero-order chi connectivity index (χ0) is 33.1. The maximum Gasteiger partial charge on any atom is 0.426 e. The first-order valence-corrected chi connectivity index (χ1v) is 13.4. The maximum absolute atomic E-state index is 13.8. The first-order chi connectivity index (χ1) is 20.4. The molecule has 0 radical (unpaired) electrons. The Morgan fingerprint density at radius 2 is 1.84 bits per heavy atom. The zero-order valence-electron chi connectivity index (χ0n) is 23.1. The molecule has 0 bridgehead atoms. The van der Waals surface area contributed by atoms with Crippen LogP contribution in [0.1, 0.15) is 30.5 Å². The molecule has 2 aliphatic rings. The Morgan fingerprint density at radius 1 is 1.23 bits per heavy atom. The number of esters is 1. The number of benzene rings is 1. The van der Waals surface area contributed by atoms with Crippen LogP contribution in [0.25, 0.3) is 0 Å². The molecule has 1 saturated carbocycles. The zero-order valence-corrected chi connectivity index (χ0v) is 24.6. The number of hydrogen-bond acceptors (Lipinski definition) is 5. The fourth-order valence-corrected chi connectivity index (χ4v) is 4.66. The molecular weight excluding hydrogens is 650 g/mol. The van der Waals surface area contributed by atoms with Crippen LogP contribution >= 0.6 is 23.2 Å². The van der Waals surface area contributed by atoms with Crippen LogP contribution in [0.5, 0.6) is 0 Å². The number of hydrazone groups is 1. The normalized spacial score (nSPS) is 20.1. The van der Waals surface area contributed by atoms with Gasteiger partial charge < -0.3 is 15.0 Å². The van der Waals surface area contributed by atoms with E-state index in [0.717, 1.165) is 12.5 Å². The SMILES string of the molecule is Cc1c(F)c(F)c(COC(=O)C2C(/C=C(\Cl)C(F)(F)F)C2(C)C)c(F)c1F.O=[N+]([O-])/N=C1\NCCN1Cc1ccc(Cl)nc1.